The van der Waals surface area contributed by atoms with Crippen LogP contribution in [0.4, 0.5) is 0 Å². The third-order valence-electron chi connectivity index (χ3n) is 2.28. The van der Waals surface area contributed by atoms with E-state index < -0.39 is 0 Å². The van der Waals surface area contributed by atoms with Crippen LogP contribution in [0, 0.1) is 0 Å². The van der Waals surface area contributed by atoms with Crippen molar-refractivity contribution in [3.8, 4) is 17.2 Å². The summed E-state index contributed by atoms with van der Waals surface area (Å²) < 4.78 is 10.6. The Hall–Kier alpha value is -1.71. The summed E-state index contributed by atoms with van der Waals surface area (Å²) in [5, 5.41) is 9.61. The number of rotatable bonds is 2. The van der Waals surface area contributed by atoms with Crippen LogP contribution in [-0.2, 0) is 0 Å². The highest BCUT2D eigenvalue weighted by Crippen LogP contribution is 2.36. The van der Waals surface area contributed by atoms with Crippen molar-refractivity contribution < 1.29 is 19.4 Å². The van der Waals surface area contributed by atoms with E-state index in [-0.39, 0.29) is 11.5 Å². The number of Topliss-reactive ketones (excluding diaryl/α,β-unsaturated/α-hetero) is 1. The molecule has 0 fully saturated rings. The average Bonchev–Trinajstić information content (AvgIpc) is 2.27. The quantitative estimate of drug-likeness (QED) is 0.752. The largest absolute Gasteiger partial charge is 0.507 e. The minimum Gasteiger partial charge on any atom is -0.507 e. The van der Waals surface area contributed by atoms with Gasteiger partial charge in [-0.25, -0.2) is 0 Å². The summed E-state index contributed by atoms with van der Waals surface area (Å²) in [7, 11) is 0. The average molecular weight is 208 g/mol. The van der Waals surface area contributed by atoms with Gasteiger partial charge >= 0.3 is 0 Å². The number of aromatic hydroxyl groups is 1. The van der Waals surface area contributed by atoms with Crippen LogP contribution in [0.15, 0.2) is 12.1 Å². The lowest BCUT2D eigenvalue weighted by atomic mass is 10.1. The van der Waals surface area contributed by atoms with Crippen LogP contribution in [0.2, 0.25) is 0 Å². The van der Waals surface area contributed by atoms with Gasteiger partial charge in [0.05, 0.1) is 5.56 Å². The summed E-state index contributed by atoms with van der Waals surface area (Å²) in [6.45, 7) is 2.68. The monoisotopic (exact) mass is 208 g/mol. The molecule has 2 rings (SSSR count). The van der Waals surface area contributed by atoms with E-state index in [1.165, 1.54) is 12.1 Å². The molecule has 1 aromatic carbocycles. The number of phenols is 1. The van der Waals surface area contributed by atoms with Gasteiger partial charge in [0.2, 0.25) is 0 Å². The molecule has 0 unspecified atom stereocenters. The first-order valence-electron chi connectivity index (χ1n) is 4.88. The first kappa shape index (κ1) is 9.83. The van der Waals surface area contributed by atoms with Crippen molar-refractivity contribution in [2.75, 3.05) is 13.2 Å². The zero-order valence-corrected chi connectivity index (χ0v) is 8.45. The normalized spacial score (nSPS) is 13.7. The van der Waals surface area contributed by atoms with Gasteiger partial charge < -0.3 is 14.6 Å². The number of ether oxygens (including phenoxy) is 2. The third-order valence-corrected chi connectivity index (χ3v) is 2.28. The molecule has 0 amide bonds. The van der Waals surface area contributed by atoms with Crippen LogP contribution in [0.3, 0.4) is 0 Å². The van der Waals surface area contributed by atoms with E-state index >= 15 is 0 Å². The lowest BCUT2D eigenvalue weighted by Crippen LogP contribution is -2.15. The molecule has 80 valence electrons. The summed E-state index contributed by atoms with van der Waals surface area (Å²) in [4.78, 5) is 11.5. The molecular formula is C11H12O4. The molecule has 0 aromatic heterocycles. The highest BCUT2D eigenvalue weighted by atomic mass is 16.6. The molecule has 15 heavy (non-hydrogen) atoms. The van der Waals surface area contributed by atoms with Gasteiger partial charge in [0.15, 0.2) is 17.3 Å². The lowest BCUT2D eigenvalue weighted by molar-refractivity contribution is 0.0984. The molecule has 0 atom stereocenters. The highest BCUT2D eigenvalue weighted by Gasteiger charge is 2.18. The predicted octanol–water partition coefficient (Wildman–Crippen LogP) is 1.76. The molecular weight excluding hydrogens is 196 g/mol. The maximum atomic E-state index is 11.5. The Morgan fingerprint density at radius 1 is 1.33 bits per heavy atom. The Morgan fingerprint density at radius 3 is 2.53 bits per heavy atom. The van der Waals surface area contributed by atoms with E-state index in [1.54, 1.807) is 6.92 Å². The molecule has 1 aliphatic rings. The summed E-state index contributed by atoms with van der Waals surface area (Å²) in [6, 6.07) is 2.97. The van der Waals surface area contributed by atoms with Gasteiger partial charge in [0.25, 0.3) is 0 Å². The van der Waals surface area contributed by atoms with Crippen molar-refractivity contribution >= 4 is 5.78 Å². The minimum atomic E-state index is -0.107. The molecule has 0 bridgehead atoms. The maximum absolute atomic E-state index is 11.5. The van der Waals surface area contributed by atoms with Crippen molar-refractivity contribution in [3.63, 3.8) is 0 Å². The van der Waals surface area contributed by atoms with Crippen LogP contribution in [-0.4, -0.2) is 24.1 Å². The van der Waals surface area contributed by atoms with E-state index in [2.05, 4.69) is 0 Å². The Bertz CT molecular complexity index is 398. The number of carbonyl (C=O) groups excluding carboxylic acids is 1. The first-order chi connectivity index (χ1) is 7.22. The zero-order chi connectivity index (χ0) is 10.8. The third kappa shape index (κ3) is 1.75. The fourth-order valence-electron chi connectivity index (χ4n) is 1.49. The molecule has 1 aliphatic heterocycles. The van der Waals surface area contributed by atoms with Crippen molar-refractivity contribution in [2.24, 2.45) is 0 Å². The standard InChI is InChI=1S/C11H12O4/c1-2-8(12)7-5-10-11(6-9(7)13)15-4-3-14-10/h5-6,13H,2-4H2,1H3. The molecule has 1 heterocycles. The number of carbonyl (C=O) groups is 1. The molecule has 0 radical (unpaired) electrons. The maximum Gasteiger partial charge on any atom is 0.166 e. The Morgan fingerprint density at radius 2 is 1.93 bits per heavy atom. The summed E-state index contributed by atoms with van der Waals surface area (Å²) in [6.07, 6.45) is 0.354. The zero-order valence-electron chi connectivity index (χ0n) is 8.45. The minimum absolute atomic E-state index is 0.0499. The van der Waals surface area contributed by atoms with Crippen LogP contribution in [0.5, 0.6) is 17.2 Å². The second-order valence-corrected chi connectivity index (χ2v) is 3.29. The molecule has 0 aliphatic carbocycles. The second-order valence-electron chi connectivity index (χ2n) is 3.29. The molecule has 1 N–H and O–H groups in total. The van der Waals surface area contributed by atoms with Gasteiger partial charge in [0, 0.05) is 12.5 Å². The van der Waals surface area contributed by atoms with Gasteiger partial charge in [-0.1, -0.05) is 6.92 Å². The van der Waals surface area contributed by atoms with Gasteiger partial charge in [-0.3, -0.25) is 4.79 Å². The molecule has 0 saturated carbocycles. The van der Waals surface area contributed by atoms with Crippen molar-refractivity contribution in [1.29, 1.82) is 0 Å². The fraction of sp³-hybridized carbons (Fsp3) is 0.364. The Kier molecular flexibility index (Phi) is 2.49. The van der Waals surface area contributed by atoms with Crippen molar-refractivity contribution in [3.05, 3.63) is 17.7 Å². The van der Waals surface area contributed by atoms with E-state index in [0.29, 0.717) is 36.7 Å². The first-order valence-corrected chi connectivity index (χ1v) is 4.88. The summed E-state index contributed by atoms with van der Waals surface area (Å²) >= 11 is 0. The Balaban J connectivity index is 2.44. The van der Waals surface area contributed by atoms with E-state index in [4.69, 9.17) is 9.47 Å². The topological polar surface area (TPSA) is 55.8 Å². The Labute approximate surface area is 87.4 Å². The van der Waals surface area contributed by atoms with Gasteiger partial charge in [-0.05, 0) is 6.07 Å². The second kappa shape index (κ2) is 3.81. The van der Waals surface area contributed by atoms with Gasteiger partial charge in [-0.2, -0.15) is 0 Å². The fourth-order valence-corrected chi connectivity index (χ4v) is 1.49. The van der Waals surface area contributed by atoms with Crippen molar-refractivity contribution in [1.82, 2.24) is 0 Å². The van der Waals surface area contributed by atoms with Gasteiger partial charge in [0.1, 0.15) is 19.0 Å². The van der Waals surface area contributed by atoms with Crippen LogP contribution in [0.25, 0.3) is 0 Å². The van der Waals surface area contributed by atoms with Gasteiger partial charge in [-0.15, -0.1) is 0 Å². The molecule has 0 spiro atoms. The molecule has 0 saturated heterocycles. The van der Waals surface area contributed by atoms with Crippen LogP contribution >= 0.6 is 0 Å². The molecule has 4 heteroatoms. The lowest BCUT2D eigenvalue weighted by Gasteiger charge is -2.19. The van der Waals surface area contributed by atoms with Crippen LogP contribution in [0.1, 0.15) is 23.7 Å². The molecule has 4 nitrogen and oxygen atoms in total. The smallest absolute Gasteiger partial charge is 0.166 e. The number of benzene rings is 1. The molecule has 1 aromatic rings. The number of ketones is 1. The van der Waals surface area contributed by atoms with Crippen LogP contribution < -0.4 is 9.47 Å². The SMILES string of the molecule is CCC(=O)c1cc2c(cc1O)OCCO2. The van der Waals surface area contributed by atoms with E-state index in [1.807, 2.05) is 0 Å². The summed E-state index contributed by atoms with van der Waals surface area (Å²) in [5.41, 5.74) is 0.293. The number of phenolic OH excluding ortho intramolecular Hbond substituents is 1. The van der Waals surface area contributed by atoms with E-state index in [0.717, 1.165) is 0 Å². The number of fused-ring (bicyclic) bond motifs is 1. The summed E-state index contributed by atoms with van der Waals surface area (Å²) in [5.74, 6) is 0.859. The van der Waals surface area contributed by atoms with Crippen molar-refractivity contribution in [2.45, 2.75) is 13.3 Å². The number of hydrogen-bond acceptors (Lipinski definition) is 4. The number of hydrogen-bond donors (Lipinski definition) is 1. The predicted molar refractivity (Wildman–Crippen MR) is 53.7 cm³/mol. The highest BCUT2D eigenvalue weighted by molar-refractivity contribution is 5.99. The van der Waals surface area contributed by atoms with E-state index in [9.17, 15) is 9.90 Å².